The van der Waals surface area contributed by atoms with Crippen molar-refractivity contribution in [3.05, 3.63) is 59.7 Å². The molecule has 2 rings (SSSR count). The van der Waals surface area contributed by atoms with Crippen LogP contribution in [-0.2, 0) is 0 Å². The van der Waals surface area contributed by atoms with Crippen LogP contribution in [0.2, 0.25) is 0 Å². The van der Waals surface area contributed by atoms with Crippen molar-refractivity contribution in [1.82, 2.24) is 0 Å². The van der Waals surface area contributed by atoms with Gasteiger partial charge in [0.25, 0.3) is 0 Å². The molecule has 4 nitrogen and oxygen atoms in total. The van der Waals surface area contributed by atoms with Gasteiger partial charge in [0.2, 0.25) is 0 Å². The van der Waals surface area contributed by atoms with E-state index in [0.717, 1.165) is 12.2 Å². The van der Waals surface area contributed by atoms with E-state index in [4.69, 9.17) is 9.47 Å². The number of Topliss-reactive ketones (excluding diaryl/α,β-unsaturated/α-hetero) is 1. The molecule has 0 aliphatic heterocycles. The maximum atomic E-state index is 12.2. The van der Waals surface area contributed by atoms with Crippen LogP contribution in [0.5, 0.6) is 11.5 Å². The Morgan fingerprint density at radius 1 is 0.690 bits per heavy atom. The lowest BCUT2D eigenvalue weighted by Gasteiger charge is -2.08. The molecular formula is C25H32O4. The summed E-state index contributed by atoms with van der Waals surface area (Å²) >= 11 is 0. The van der Waals surface area contributed by atoms with E-state index in [2.05, 4.69) is 6.92 Å². The van der Waals surface area contributed by atoms with Gasteiger partial charge in [0.05, 0.1) is 12.2 Å². The number of rotatable bonds is 13. The molecule has 0 unspecified atom stereocenters. The summed E-state index contributed by atoms with van der Waals surface area (Å²) in [7, 11) is 0. The molecule has 0 amide bonds. The first kappa shape index (κ1) is 22.7. The SMILES string of the molecule is CCCCCCCCCCOc1ccc(C(=O)Oc2ccc(C(C)=O)cc2)cc1. The van der Waals surface area contributed by atoms with Crippen LogP contribution in [0.25, 0.3) is 0 Å². The smallest absolute Gasteiger partial charge is 0.343 e. The van der Waals surface area contributed by atoms with E-state index in [1.54, 1.807) is 48.5 Å². The summed E-state index contributed by atoms with van der Waals surface area (Å²) in [5.74, 6) is 0.714. The van der Waals surface area contributed by atoms with Crippen LogP contribution in [0, 0.1) is 0 Å². The van der Waals surface area contributed by atoms with Gasteiger partial charge in [0.15, 0.2) is 5.78 Å². The minimum atomic E-state index is -0.435. The Morgan fingerprint density at radius 2 is 1.21 bits per heavy atom. The third kappa shape index (κ3) is 8.51. The van der Waals surface area contributed by atoms with Crippen molar-refractivity contribution in [2.24, 2.45) is 0 Å². The first-order chi connectivity index (χ1) is 14.1. The van der Waals surface area contributed by atoms with Gasteiger partial charge in [0.1, 0.15) is 11.5 Å². The van der Waals surface area contributed by atoms with Gasteiger partial charge in [-0.15, -0.1) is 0 Å². The minimum absolute atomic E-state index is 0.0227. The van der Waals surface area contributed by atoms with Gasteiger partial charge in [-0.2, -0.15) is 0 Å². The molecule has 29 heavy (non-hydrogen) atoms. The van der Waals surface area contributed by atoms with Crippen molar-refractivity contribution < 1.29 is 19.1 Å². The van der Waals surface area contributed by atoms with Crippen LogP contribution in [-0.4, -0.2) is 18.4 Å². The molecule has 0 N–H and O–H groups in total. The largest absolute Gasteiger partial charge is 0.494 e. The van der Waals surface area contributed by atoms with Crippen LogP contribution in [0.15, 0.2) is 48.5 Å². The number of carbonyl (C=O) groups is 2. The quantitative estimate of drug-likeness (QED) is 0.165. The van der Waals surface area contributed by atoms with Gasteiger partial charge in [-0.1, -0.05) is 51.9 Å². The lowest BCUT2D eigenvalue weighted by atomic mass is 10.1. The number of esters is 1. The van der Waals surface area contributed by atoms with Crippen molar-refractivity contribution in [2.75, 3.05) is 6.61 Å². The lowest BCUT2D eigenvalue weighted by molar-refractivity contribution is 0.0734. The normalized spacial score (nSPS) is 10.6. The predicted octanol–water partition coefficient (Wildman–Crippen LogP) is 6.63. The summed E-state index contributed by atoms with van der Waals surface area (Å²) in [4.78, 5) is 23.5. The molecule has 0 bridgehead atoms. The van der Waals surface area contributed by atoms with Crippen molar-refractivity contribution in [1.29, 1.82) is 0 Å². The number of benzene rings is 2. The molecule has 0 heterocycles. The summed E-state index contributed by atoms with van der Waals surface area (Å²) in [5.41, 5.74) is 1.04. The highest BCUT2D eigenvalue weighted by molar-refractivity contribution is 5.94. The van der Waals surface area contributed by atoms with Gasteiger partial charge in [-0.3, -0.25) is 4.79 Å². The Kier molecular flexibility index (Phi) is 9.98. The zero-order valence-electron chi connectivity index (χ0n) is 17.6. The molecule has 0 saturated heterocycles. The van der Waals surface area contributed by atoms with Crippen LogP contribution < -0.4 is 9.47 Å². The number of unbranched alkanes of at least 4 members (excludes halogenated alkanes) is 7. The molecule has 0 saturated carbocycles. The highest BCUT2D eigenvalue weighted by atomic mass is 16.5. The second kappa shape index (κ2) is 12.8. The fourth-order valence-corrected chi connectivity index (χ4v) is 3.04. The minimum Gasteiger partial charge on any atom is -0.494 e. The van der Waals surface area contributed by atoms with Crippen LogP contribution in [0.3, 0.4) is 0 Å². The summed E-state index contributed by atoms with van der Waals surface area (Å²) in [6, 6.07) is 13.5. The topological polar surface area (TPSA) is 52.6 Å². The van der Waals surface area contributed by atoms with Crippen molar-refractivity contribution in [3.8, 4) is 11.5 Å². The predicted molar refractivity (Wildman–Crippen MR) is 116 cm³/mol. The Balaban J connectivity index is 1.68. The number of ketones is 1. The van der Waals surface area contributed by atoms with E-state index in [9.17, 15) is 9.59 Å². The van der Waals surface area contributed by atoms with Gasteiger partial charge >= 0.3 is 5.97 Å². The van der Waals surface area contributed by atoms with Crippen molar-refractivity contribution >= 4 is 11.8 Å². The molecule has 0 fully saturated rings. The molecule has 2 aromatic rings. The fraction of sp³-hybridized carbons (Fsp3) is 0.440. The first-order valence-electron chi connectivity index (χ1n) is 10.7. The van der Waals surface area contributed by atoms with Gasteiger partial charge < -0.3 is 9.47 Å². The highest BCUT2D eigenvalue weighted by Crippen LogP contribution is 2.17. The maximum absolute atomic E-state index is 12.2. The van der Waals surface area contributed by atoms with Crippen LogP contribution in [0.4, 0.5) is 0 Å². The molecule has 0 aromatic heterocycles. The monoisotopic (exact) mass is 396 g/mol. The second-order valence-corrected chi connectivity index (χ2v) is 7.32. The number of hydrogen-bond donors (Lipinski definition) is 0. The molecule has 0 radical (unpaired) electrons. The summed E-state index contributed by atoms with van der Waals surface area (Å²) < 4.78 is 11.1. The molecule has 0 atom stereocenters. The van der Waals surface area contributed by atoms with Crippen LogP contribution >= 0.6 is 0 Å². The van der Waals surface area contributed by atoms with Gasteiger partial charge in [0, 0.05) is 5.56 Å². The number of ether oxygens (including phenoxy) is 2. The van der Waals surface area contributed by atoms with Crippen LogP contribution in [0.1, 0.15) is 85.9 Å². The second-order valence-electron chi connectivity index (χ2n) is 7.32. The van der Waals surface area contributed by atoms with Gasteiger partial charge in [-0.05, 0) is 61.9 Å². The zero-order valence-corrected chi connectivity index (χ0v) is 17.6. The molecule has 0 spiro atoms. The Labute approximate surface area is 174 Å². The standard InChI is InChI=1S/C25H32O4/c1-3-4-5-6-7-8-9-10-19-28-23-15-13-22(14-16-23)25(27)29-24-17-11-21(12-18-24)20(2)26/h11-18H,3-10,19H2,1-2H3. The van der Waals surface area contributed by atoms with Gasteiger partial charge in [-0.25, -0.2) is 4.79 Å². The van der Waals surface area contributed by atoms with Crippen molar-refractivity contribution in [2.45, 2.75) is 65.2 Å². The molecule has 4 heteroatoms. The third-order valence-electron chi connectivity index (χ3n) is 4.83. The third-order valence-corrected chi connectivity index (χ3v) is 4.83. The maximum Gasteiger partial charge on any atom is 0.343 e. The fourth-order valence-electron chi connectivity index (χ4n) is 3.04. The Morgan fingerprint density at radius 3 is 1.79 bits per heavy atom. The van der Waals surface area contributed by atoms with E-state index in [1.165, 1.54) is 51.9 Å². The zero-order chi connectivity index (χ0) is 20.9. The summed E-state index contributed by atoms with van der Waals surface area (Å²) in [5, 5.41) is 0. The average Bonchev–Trinajstić information content (AvgIpc) is 2.73. The summed E-state index contributed by atoms with van der Waals surface area (Å²) in [6.45, 7) is 4.43. The highest BCUT2D eigenvalue weighted by Gasteiger charge is 2.09. The number of hydrogen-bond acceptors (Lipinski definition) is 4. The van der Waals surface area contributed by atoms with E-state index < -0.39 is 5.97 Å². The molecular weight excluding hydrogens is 364 g/mol. The molecule has 2 aromatic carbocycles. The van der Waals surface area contributed by atoms with E-state index in [-0.39, 0.29) is 5.78 Å². The van der Waals surface area contributed by atoms with E-state index >= 15 is 0 Å². The van der Waals surface area contributed by atoms with E-state index in [1.807, 2.05) is 0 Å². The van der Waals surface area contributed by atoms with Crippen molar-refractivity contribution in [3.63, 3.8) is 0 Å². The van der Waals surface area contributed by atoms with E-state index in [0.29, 0.717) is 23.5 Å². The Hall–Kier alpha value is -2.62. The Bertz CT molecular complexity index is 747. The molecule has 0 aliphatic rings. The molecule has 0 aliphatic carbocycles. The first-order valence-corrected chi connectivity index (χ1v) is 10.7. The average molecular weight is 397 g/mol. The number of carbonyl (C=O) groups excluding carboxylic acids is 2. The molecule has 156 valence electrons. The lowest BCUT2D eigenvalue weighted by Crippen LogP contribution is -2.08. The summed E-state index contributed by atoms with van der Waals surface area (Å²) in [6.07, 6.45) is 10.2.